The Morgan fingerprint density at radius 3 is 2.78 bits per heavy atom. The molecule has 1 aromatic carbocycles. The number of carbonyl (C=O) groups excluding carboxylic acids is 1. The molecule has 4 aromatic heterocycles. The lowest BCUT2D eigenvalue weighted by Crippen LogP contribution is -2.23. The predicted molar refractivity (Wildman–Crippen MR) is 144 cm³/mol. The normalized spacial score (nSPS) is 12.3. The molecule has 37 heavy (non-hydrogen) atoms. The van der Waals surface area contributed by atoms with E-state index in [2.05, 4.69) is 27.5 Å². The van der Waals surface area contributed by atoms with Crippen molar-refractivity contribution in [2.45, 2.75) is 33.2 Å². The first kappa shape index (κ1) is 24.6. The number of aryl methyl sites for hydroxylation is 2. The van der Waals surface area contributed by atoms with E-state index in [1.807, 2.05) is 73.3 Å². The van der Waals surface area contributed by atoms with E-state index in [1.54, 1.807) is 10.6 Å². The van der Waals surface area contributed by atoms with Crippen LogP contribution in [0.15, 0.2) is 60.9 Å². The average molecular weight is 498 g/mol. The van der Waals surface area contributed by atoms with Gasteiger partial charge in [0.15, 0.2) is 0 Å². The number of fused-ring (bicyclic) bond motifs is 2. The summed E-state index contributed by atoms with van der Waals surface area (Å²) in [5.41, 5.74) is 6.66. The van der Waals surface area contributed by atoms with E-state index in [-0.39, 0.29) is 18.4 Å². The van der Waals surface area contributed by atoms with Crippen molar-refractivity contribution >= 4 is 28.1 Å². The summed E-state index contributed by atoms with van der Waals surface area (Å²) in [5.74, 6) is 0.00977. The second-order valence-corrected chi connectivity index (χ2v) is 9.33. The van der Waals surface area contributed by atoms with Crippen LogP contribution in [0.1, 0.15) is 46.0 Å². The maximum atomic E-state index is 13.3. The number of hydrogen-bond acceptors (Lipinski definition) is 6. The summed E-state index contributed by atoms with van der Waals surface area (Å²) < 4.78 is 3.72. The molecule has 5 rings (SSSR count). The minimum absolute atomic E-state index is 0.114. The van der Waals surface area contributed by atoms with Crippen molar-refractivity contribution in [3.05, 3.63) is 89.3 Å². The largest absolute Gasteiger partial charge is 0.395 e. The van der Waals surface area contributed by atoms with Gasteiger partial charge in [0.1, 0.15) is 11.3 Å². The number of carbonyl (C=O) groups is 1. The summed E-state index contributed by atoms with van der Waals surface area (Å²) in [4.78, 5) is 22.4. The maximum absolute atomic E-state index is 13.3. The number of anilines is 1. The van der Waals surface area contributed by atoms with Crippen molar-refractivity contribution in [3.8, 4) is 0 Å². The highest BCUT2D eigenvalue weighted by atomic mass is 16.3. The molecular formula is C28H31N7O2. The van der Waals surface area contributed by atoms with Gasteiger partial charge < -0.3 is 15.7 Å². The number of nitrogens with zero attached hydrogens (tertiary/aromatic N) is 5. The number of imidazole rings is 1. The van der Waals surface area contributed by atoms with E-state index in [1.165, 1.54) is 0 Å². The minimum atomic E-state index is -0.238. The van der Waals surface area contributed by atoms with Gasteiger partial charge in [-0.1, -0.05) is 19.1 Å². The number of amides is 1. The molecule has 9 nitrogen and oxygen atoms in total. The fourth-order valence-corrected chi connectivity index (χ4v) is 4.66. The summed E-state index contributed by atoms with van der Waals surface area (Å²) in [6.07, 6.45) is 3.48. The lowest BCUT2D eigenvalue weighted by Gasteiger charge is -2.13. The van der Waals surface area contributed by atoms with Gasteiger partial charge in [-0.3, -0.25) is 18.9 Å². The van der Waals surface area contributed by atoms with Gasteiger partial charge in [-0.25, -0.2) is 4.98 Å². The molecular weight excluding hydrogens is 466 g/mol. The number of pyridine rings is 2. The highest BCUT2D eigenvalue weighted by Gasteiger charge is 2.18. The van der Waals surface area contributed by atoms with Gasteiger partial charge in [-0.05, 0) is 61.7 Å². The van der Waals surface area contributed by atoms with E-state index >= 15 is 0 Å². The van der Waals surface area contributed by atoms with Gasteiger partial charge in [0, 0.05) is 30.4 Å². The molecule has 3 N–H and O–H groups in total. The van der Waals surface area contributed by atoms with Crippen LogP contribution >= 0.6 is 0 Å². The molecule has 0 bridgehead atoms. The molecule has 1 unspecified atom stereocenters. The van der Waals surface area contributed by atoms with Gasteiger partial charge in [-0.15, -0.1) is 0 Å². The fraction of sp³-hybridized carbons (Fsp3) is 0.286. The predicted octanol–water partition coefficient (Wildman–Crippen LogP) is 3.68. The first-order chi connectivity index (χ1) is 17.9. The maximum Gasteiger partial charge on any atom is 0.274 e. The molecule has 1 atom stereocenters. The molecule has 4 heterocycles. The number of hydrogen-bond donors (Lipinski definition) is 3. The van der Waals surface area contributed by atoms with Crippen molar-refractivity contribution in [2.24, 2.45) is 0 Å². The van der Waals surface area contributed by atoms with Crippen LogP contribution in [0.5, 0.6) is 0 Å². The van der Waals surface area contributed by atoms with Gasteiger partial charge >= 0.3 is 0 Å². The van der Waals surface area contributed by atoms with Crippen LogP contribution in [0.25, 0.3) is 16.6 Å². The molecule has 9 heteroatoms. The molecule has 5 aromatic rings. The second kappa shape index (κ2) is 10.5. The fourth-order valence-electron chi connectivity index (χ4n) is 4.66. The molecule has 0 spiro atoms. The first-order valence-corrected chi connectivity index (χ1v) is 12.4. The van der Waals surface area contributed by atoms with Crippen molar-refractivity contribution in [1.82, 2.24) is 29.5 Å². The minimum Gasteiger partial charge on any atom is -0.395 e. The molecule has 0 saturated heterocycles. The Bertz CT molecular complexity index is 1570. The number of benzene rings is 1. The Hall–Kier alpha value is -4.08. The van der Waals surface area contributed by atoms with Gasteiger partial charge in [-0.2, -0.15) is 5.10 Å². The Balaban J connectivity index is 1.39. The lowest BCUT2D eigenvalue weighted by atomic mass is 10.0. The standard InChI is InChI=1S/C28H31N7O2/c1-18(15-29-11-13-36)21-10-12-34-25(16-30-26(34)14-21)28(37)32-23-8-5-9-24-27(23)20(3)33-35(24)17-22-7-4-6-19(2)31-22/h4-10,12,14,16,18,29,36H,11,13,15,17H2,1-3H3,(H,32,37). The van der Waals surface area contributed by atoms with Crippen LogP contribution in [0.4, 0.5) is 5.69 Å². The quantitative estimate of drug-likeness (QED) is 0.268. The third-order valence-electron chi connectivity index (χ3n) is 6.54. The monoisotopic (exact) mass is 497 g/mol. The smallest absolute Gasteiger partial charge is 0.274 e. The van der Waals surface area contributed by atoms with Crippen molar-refractivity contribution in [3.63, 3.8) is 0 Å². The van der Waals surface area contributed by atoms with E-state index in [9.17, 15) is 4.79 Å². The van der Waals surface area contributed by atoms with Gasteiger partial charge in [0.2, 0.25) is 0 Å². The third-order valence-corrected chi connectivity index (χ3v) is 6.54. The lowest BCUT2D eigenvalue weighted by molar-refractivity contribution is 0.102. The number of aliphatic hydroxyl groups excluding tert-OH is 1. The Kier molecular flexibility index (Phi) is 6.98. The summed E-state index contributed by atoms with van der Waals surface area (Å²) >= 11 is 0. The zero-order chi connectivity index (χ0) is 25.9. The van der Waals surface area contributed by atoms with E-state index in [0.717, 1.165) is 40.1 Å². The van der Waals surface area contributed by atoms with Gasteiger partial charge in [0.25, 0.3) is 5.91 Å². The molecule has 0 aliphatic carbocycles. The van der Waals surface area contributed by atoms with Gasteiger partial charge in [0.05, 0.1) is 41.9 Å². The van der Waals surface area contributed by atoms with Crippen LogP contribution in [0.2, 0.25) is 0 Å². The molecule has 0 aliphatic heterocycles. The number of aromatic nitrogens is 5. The average Bonchev–Trinajstić information content (AvgIpc) is 3.45. The van der Waals surface area contributed by atoms with Crippen LogP contribution in [-0.2, 0) is 6.54 Å². The molecule has 0 aliphatic rings. The molecule has 0 radical (unpaired) electrons. The van der Waals surface area contributed by atoms with Crippen molar-refractivity contribution < 1.29 is 9.90 Å². The van der Waals surface area contributed by atoms with E-state index in [0.29, 0.717) is 30.1 Å². The second-order valence-electron chi connectivity index (χ2n) is 9.33. The zero-order valence-corrected chi connectivity index (χ0v) is 21.3. The Morgan fingerprint density at radius 2 is 1.97 bits per heavy atom. The highest BCUT2D eigenvalue weighted by molar-refractivity contribution is 6.08. The van der Waals surface area contributed by atoms with Crippen molar-refractivity contribution in [2.75, 3.05) is 25.0 Å². The molecule has 1 amide bonds. The third kappa shape index (κ3) is 5.09. The zero-order valence-electron chi connectivity index (χ0n) is 21.3. The first-order valence-electron chi connectivity index (χ1n) is 12.4. The molecule has 190 valence electrons. The Labute approximate surface area is 215 Å². The number of rotatable bonds is 9. The summed E-state index contributed by atoms with van der Waals surface area (Å²) in [6, 6.07) is 15.8. The van der Waals surface area contributed by atoms with Crippen LogP contribution in [-0.4, -0.2) is 54.9 Å². The molecule has 0 fully saturated rings. The Morgan fingerprint density at radius 1 is 1.14 bits per heavy atom. The van der Waals surface area contributed by atoms with Crippen molar-refractivity contribution in [1.29, 1.82) is 0 Å². The summed E-state index contributed by atoms with van der Waals surface area (Å²) in [6.45, 7) is 8.02. The van der Waals surface area contributed by atoms with E-state index in [4.69, 9.17) is 10.2 Å². The SMILES string of the molecule is Cc1cccc(Cn2nc(C)c3c(NC(=O)c4cnc5cc(C(C)CNCCO)ccn45)cccc32)n1. The number of nitrogens with one attached hydrogen (secondary N) is 2. The highest BCUT2D eigenvalue weighted by Crippen LogP contribution is 2.28. The molecule has 0 saturated carbocycles. The van der Waals surface area contributed by atoms with Crippen LogP contribution in [0.3, 0.4) is 0 Å². The van der Waals surface area contributed by atoms with E-state index < -0.39 is 0 Å². The summed E-state index contributed by atoms with van der Waals surface area (Å²) in [5, 5.41) is 20.9. The van der Waals surface area contributed by atoms with Crippen LogP contribution in [0, 0.1) is 13.8 Å². The topological polar surface area (TPSA) is 109 Å². The number of aliphatic hydroxyl groups is 1. The summed E-state index contributed by atoms with van der Waals surface area (Å²) in [7, 11) is 0. The van der Waals surface area contributed by atoms with Crippen LogP contribution < -0.4 is 10.6 Å².